The molecule has 0 bridgehead atoms. The molecule has 8 heteroatoms. The van der Waals surface area contributed by atoms with Crippen LogP contribution in [0.4, 0.5) is 13.2 Å². The van der Waals surface area contributed by atoms with Crippen LogP contribution >= 0.6 is 0 Å². The molecule has 0 spiro atoms. The number of aromatic nitrogens is 2. The fraction of sp³-hybridized carbons (Fsp3) is 0.600. The molecule has 1 aliphatic carbocycles. The highest BCUT2D eigenvalue weighted by molar-refractivity contribution is 5.96. The Bertz CT molecular complexity index is 1090. The summed E-state index contributed by atoms with van der Waals surface area (Å²) in [4.78, 5) is 17.6. The zero-order chi connectivity index (χ0) is 24.8. The summed E-state index contributed by atoms with van der Waals surface area (Å²) >= 11 is 0. The van der Waals surface area contributed by atoms with Crippen LogP contribution < -0.4 is 5.49 Å². The van der Waals surface area contributed by atoms with Crippen LogP contribution in [0.2, 0.25) is 0 Å². The minimum absolute atomic E-state index is 0.0757. The van der Waals surface area contributed by atoms with Crippen molar-refractivity contribution in [2.24, 2.45) is 18.0 Å². The average molecular weight is 466 g/mol. The predicted octanol–water partition coefficient (Wildman–Crippen LogP) is 5.00. The molecule has 0 unspecified atom stereocenters. The van der Waals surface area contributed by atoms with Crippen molar-refractivity contribution in [1.29, 1.82) is 0 Å². The molecule has 2 aromatic rings. The van der Waals surface area contributed by atoms with E-state index >= 15 is 0 Å². The Labute approximate surface area is 192 Å². The highest BCUT2D eigenvalue weighted by Crippen LogP contribution is 2.32. The van der Waals surface area contributed by atoms with Crippen LogP contribution in [-0.4, -0.2) is 26.0 Å². The van der Waals surface area contributed by atoms with Gasteiger partial charge in [0.2, 0.25) is 0 Å². The Morgan fingerprint density at radius 2 is 1.76 bits per heavy atom. The zero-order valence-electron chi connectivity index (χ0n) is 20.3. The number of alkyl halides is 3. The predicted molar refractivity (Wildman–Crippen MR) is 121 cm³/mol. The highest BCUT2D eigenvalue weighted by Gasteiger charge is 2.32. The van der Waals surface area contributed by atoms with E-state index in [0.29, 0.717) is 29.9 Å². The Balaban J connectivity index is 2.10. The van der Waals surface area contributed by atoms with E-state index in [2.05, 4.69) is 25.8 Å². The number of rotatable bonds is 6. The lowest BCUT2D eigenvalue weighted by Gasteiger charge is -2.20. The molecule has 1 aliphatic rings. The van der Waals surface area contributed by atoms with Crippen LogP contribution in [0.15, 0.2) is 29.3 Å². The van der Waals surface area contributed by atoms with Gasteiger partial charge in [-0.05, 0) is 63.1 Å². The molecule has 1 N–H and O–H groups in total. The van der Waals surface area contributed by atoms with E-state index in [1.165, 1.54) is 6.07 Å². The third kappa shape index (κ3) is 6.37. The van der Waals surface area contributed by atoms with E-state index in [9.17, 15) is 23.1 Å². The van der Waals surface area contributed by atoms with Gasteiger partial charge in [0, 0.05) is 36.3 Å². The molecule has 1 aromatic heterocycles. The summed E-state index contributed by atoms with van der Waals surface area (Å²) in [6.07, 6.45) is -1.76. The number of hydrogen-bond acceptors (Lipinski definition) is 2. The smallest absolute Gasteiger partial charge is 0.390 e. The monoisotopic (exact) mass is 465 g/mol. The van der Waals surface area contributed by atoms with Crippen molar-refractivity contribution in [1.82, 2.24) is 9.36 Å². The number of aliphatic hydroxyl groups is 1. The average Bonchev–Trinajstić information content (AvgIpc) is 3.43. The van der Waals surface area contributed by atoms with E-state index in [4.69, 9.17) is 0 Å². The molecule has 0 atom stereocenters. The Morgan fingerprint density at radius 3 is 2.27 bits per heavy atom. The van der Waals surface area contributed by atoms with Crippen LogP contribution in [0.1, 0.15) is 81.1 Å². The van der Waals surface area contributed by atoms with Crippen molar-refractivity contribution in [2.75, 3.05) is 0 Å². The first-order valence-electron chi connectivity index (χ1n) is 11.3. The van der Waals surface area contributed by atoms with E-state index in [1.54, 1.807) is 13.8 Å². The first-order chi connectivity index (χ1) is 15.1. The molecule has 1 fully saturated rings. The minimum atomic E-state index is -4.57. The quantitative estimate of drug-likeness (QED) is 0.653. The number of halogens is 3. The molecule has 0 saturated heterocycles. The second-order valence-corrected chi connectivity index (χ2v) is 10.8. The number of nitrogens with zero attached hydrogens (tertiary/aromatic N) is 3. The molecule has 5 nitrogen and oxygen atoms in total. The summed E-state index contributed by atoms with van der Waals surface area (Å²) in [5.41, 5.74) is -0.277. The molecule has 182 valence electrons. The second kappa shape index (κ2) is 8.78. The summed E-state index contributed by atoms with van der Waals surface area (Å²) in [7, 11) is 1.92. The maximum Gasteiger partial charge on any atom is 0.416 e. The molecular weight excluding hydrogens is 431 g/mol. The lowest BCUT2D eigenvalue weighted by Crippen LogP contribution is -2.26. The van der Waals surface area contributed by atoms with Crippen LogP contribution in [0, 0.1) is 5.92 Å². The van der Waals surface area contributed by atoms with Crippen LogP contribution in [-0.2, 0) is 31.6 Å². The molecule has 1 amide bonds. The summed E-state index contributed by atoms with van der Waals surface area (Å²) in [5.74, 6) is -0.182. The van der Waals surface area contributed by atoms with Gasteiger partial charge >= 0.3 is 6.18 Å². The zero-order valence-corrected chi connectivity index (χ0v) is 20.3. The maximum atomic E-state index is 13.4. The summed E-state index contributed by atoms with van der Waals surface area (Å²) in [6, 6.07) is 5.03. The van der Waals surface area contributed by atoms with Crippen LogP contribution in [0.3, 0.4) is 0 Å². The number of carbonyl (C=O) groups is 1. The second-order valence-electron chi connectivity index (χ2n) is 10.8. The molecule has 3 rings (SSSR count). The number of amides is 1. The molecule has 0 aliphatic heterocycles. The van der Waals surface area contributed by atoms with Crippen molar-refractivity contribution in [3.05, 3.63) is 52.1 Å². The van der Waals surface area contributed by atoms with E-state index < -0.39 is 23.2 Å². The van der Waals surface area contributed by atoms with Crippen LogP contribution in [0.25, 0.3) is 0 Å². The lowest BCUT2D eigenvalue weighted by atomic mass is 9.92. The molecule has 0 radical (unpaired) electrons. The van der Waals surface area contributed by atoms with E-state index in [0.717, 1.165) is 30.7 Å². The van der Waals surface area contributed by atoms with Gasteiger partial charge in [0.15, 0.2) is 5.49 Å². The van der Waals surface area contributed by atoms with Crippen molar-refractivity contribution in [3.8, 4) is 0 Å². The standard InChI is InChI=1S/C25H34F3N3O2/c1-23(2,3)20-14-21(31(30(20)6)15-16-7-8-16)29-22(32)19-13-18(25(26,27)28)10-9-17(19)11-12-24(4,5)33/h9-10,13-14,16,33H,7-8,11-12,15H2,1-6H3. The summed E-state index contributed by atoms with van der Waals surface area (Å²) in [5, 5.41) is 10.1. The molecule has 1 aromatic carbocycles. The SMILES string of the molecule is Cn1c(C(C)(C)C)cc(=NC(=O)c2cc(C(F)(F)F)ccc2CCC(C)(C)O)n1CC1CC1. The summed E-state index contributed by atoms with van der Waals surface area (Å²) in [6.45, 7) is 10.2. The third-order valence-electron chi connectivity index (χ3n) is 6.03. The van der Waals surface area contributed by atoms with Gasteiger partial charge in [-0.2, -0.15) is 18.2 Å². The van der Waals surface area contributed by atoms with Gasteiger partial charge in [-0.15, -0.1) is 0 Å². The minimum Gasteiger partial charge on any atom is -0.390 e. The fourth-order valence-electron chi connectivity index (χ4n) is 3.90. The van der Waals surface area contributed by atoms with Crippen molar-refractivity contribution in [3.63, 3.8) is 0 Å². The first kappa shape index (κ1) is 25.3. The highest BCUT2D eigenvalue weighted by atomic mass is 19.4. The van der Waals surface area contributed by atoms with E-state index in [-0.39, 0.29) is 17.4 Å². The largest absolute Gasteiger partial charge is 0.416 e. The third-order valence-corrected chi connectivity index (χ3v) is 6.03. The normalized spacial score (nSPS) is 15.9. The van der Waals surface area contributed by atoms with Crippen molar-refractivity contribution < 1.29 is 23.1 Å². The Hall–Kier alpha value is -2.35. The molecule has 1 heterocycles. The number of hydrogen-bond donors (Lipinski definition) is 1. The van der Waals surface area contributed by atoms with Gasteiger partial charge in [-0.25, -0.2) is 0 Å². The van der Waals surface area contributed by atoms with Crippen molar-refractivity contribution >= 4 is 5.91 Å². The topological polar surface area (TPSA) is 59.5 Å². The number of benzene rings is 1. The van der Waals surface area contributed by atoms with Gasteiger partial charge in [-0.3, -0.25) is 14.2 Å². The molecule has 1 saturated carbocycles. The summed E-state index contributed by atoms with van der Waals surface area (Å²) < 4.78 is 44.1. The first-order valence-corrected chi connectivity index (χ1v) is 11.3. The van der Waals surface area contributed by atoms with Crippen LogP contribution in [0.5, 0.6) is 0 Å². The van der Waals surface area contributed by atoms with Crippen molar-refractivity contribution in [2.45, 2.75) is 84.0 Å². The number of aryl methyl sites for hydroxylation is 1. The van der Waals surface area contributed by atoms with Gasteiger partial charge < -0.3 is 5.11 Å². The fourth-order valence-corrected chi connectivity index (χ4v) is 3.90. The number of carbonyl (C=O) groups excluding carboxylic acids is 1. The van der Waals surface area contributed by atoms with Gasteiger partial charge in [-0.1, -0.05) is 26.8 Å². The Morgan fingerprint density at radius 1 is 1.12 bits per heavy atom. The van der Waals surface area contributed by atoms with Gasteiger partial charge in [0.25, 0.3) is 5.91 Å². The van der Waals surface area contributed by atoms with Gasteiger partial charge in [0.1, 0.15) is 0 Å². The maximum absolute atomic E-state index is 13.4. The molecular formula is C25H34F3N3O2. The van der Waals surface area contributed by atoms with Gasteiger partial charge in [0.05, 0.1) is 11.2 Å². The lowest BCUT2D eigenvalue weighted by molar-refractivity contribution is -0.137. The van der Waals surface area contributed by atoms with E-state index in [1.807, 2.05) is 22.5 Å². The molecule has 33 heavy (non-hydrogen) atoms. The Kier molecular flexibility index (Phi) is 6.72.